The Hall–Kier alpha value is -1.50. The Kier molecular flexibility index (Phi) is 4.24. The molecule has 2 rings (SSSR count). The Morgan fingerprint density at radius 3 is 3.11 bits per heavy atom. The third-order valence-corrected chi connectivity index (χ3v) is 2.91. The molecule has 3 N–H and O–H groups in total. The minimum absolute atomic E-state index is 0.159. The van der Waals surface area contributed by atoms with E-state index in [1.807, 2.05) is 0 Å². The number of aliphatic hydroxyl groups is 2. The number of nitrogens with one attached hydrogen (secondary N) is 1. The van der Waals surface area contributed by atoms with E-state index < -0.39 is 18.3 Å². The van der Waals surface area contributed by atoms with Crippen molar-refractivity contribution in [1.82, 2.24) is 10.3 Å². The maximum atomic E-state index is 11.7. The molecule has 1 saturated heterocycles. The van der Waals surface area contributed by atoms with E-state index in [2.05, 4.69) is 10.3 Å². The van der Waals surface area contributed by atoms with E-state index in [9.17, 15) is 15.0 Å². The third kappa shape index (κ3) is 3.04. The average Bonchev–Trinajstić information content (AvgIpc) is 2.41. The molecule has 1 aliphatic heterocycles. The van der Waals surface area contributed by atoms with Crippen LogP contribution in [0, 0.1) is 0 Å². The fraction of sp³-hybridized carbons (Fsp3) is 0.500. The first kappa shape index (κ1) is 12.9. The lowest BCUT2D eigenvalue weighted by molar-refractivity contribution is -0.132. The monoisotopic (exact) mass is 252 g/mol. The van der Waals surface area contributed by atoms with Crippen LogP contribution in [0.4, 0.5) is 0 Å². The molecule has 1 aliphatic rings. The summed E-state index contributed by atoms with van der Waals surface area (Å²) in [5, 5.41) is 21.8. The lowest BCUT2D eigenvalue weighted by Gasteiger charge is -2.32. The van der Waals surface area contributed by atoms with Gasteiger partial charge in [-0.15, -0.1) is 0 Å². The summed E-state index contributed by atoms with van der Waals surface area (Å²) in [6.07, 6.45) is 1.12. The molecule has 0 aromatic carbocycles. The summed E-state index contributed by atoms with van der Waals surface area (Å²) in [5.74, 6) is -0.279. The van der Waals surface area contributed by atoms with Gasteiger partial charge >= 0.3 is 0 Å². The van der Waals surface area contributed by atoms with Crippen LogP contribution in [-0.4, -0.2) is 52.6 Å². The van der Waals surface area contributed by atoms with Gasteiger partial charge in [-0.2, -0.15) is 0 Å². The molecule has 1 fully saturated rings. The van der Waals surface area contributed by atoms with Gasteiger partial charge < -0.3 is 20.3 Å². The van der Waals surface area contributed by atoms with Crippen molar-refractivity contribution in [1.29, 1.82) is 0 Å². The van der Waals surface area contributed by atoms with Crippen LogP contribution in [-0.2, 0) is 4.74 Å². The summed E-state index contributed by atoms with van der Waals surface area (Å²) < 4.78 is 5.31. The van der Waals surface area contributed by atoms with Crippen LogP contribution < -0.4 is 5.32 Å². The van der Waals surface area contributed by atoms with Crippen molar-refractivity contribution in [2.45, 2.75) is 24.7 Å². The zero-order valence-electron chi connectivity index (χ0n) is 9.82. The molecule has 6 nitrogen and oxygen atoms in total. The van der Waals surface area contributed by atoms with Gasteiger partial charge in [-0.05, 0) is 18.6 Å². The minimum Gasteiger partial charge on any atom is -0.390 e. The predicted octanol–water partition coefficient (Wildman–Crippen LogP) is -0.678. The van der Waals surface area contributed by atoms with Crippen molar-refractivity contribution < 1.29 is 19.7 Å². The summed E-state index contributed by atoms with van der Waals surface area (Å²) in [6, 6.07) is 3.32. The van der Waals surface area contributed by atoms with E-state index >= 15 is 0 Å². The largest absolute Gasteiger partial charge is 0.390 e. The second-order valence-electron chi connectivity index (χ2n) is 4.21. The van der Waals surface area contributed by atoms with Gasteiger partial charge in [0.05, 0.1) is 11.7 Å². The Morgan fingerprint density at radius 1 is 1.56 bits per heavy atom. The topological polar surface area (TPSA) is 91.7 Å². The standard InChI is InChI=1S/C12H16N2O4/c15-9-3-5-18-10(11(9)16)7-14-12(17)8-2-1-4-13-6-8/h1-2,4,6,9-11,15-16H,3,5,7H2,(H,14,17)/t9-,10-,11-/m1/s1. The highest BCUT2D eigenvalue weighted by atomic mass is 16.5. The van der Waals surface area contributed by atoms with Crippen molar-refractivity contribution in [3.63, 3.8) is 0 Å². The number of nitrogens with zero attached hydrogens (tertiary/aromatic N) is 1. The molecule has 0 aliphatic carbocycles. The van der Waals surface area contributed by atoms with Gasteiger partial charge in [-0.3, -0.25) is 9.78 Å². The van der Waals surface area contributed by atoms with Crippen molar-refractivity contribution >= 4 is 5.91 Å². The molecular weight excluding hydrogens is 236 g/mol. The van der Waals surface area contributed by atoms with Crippen molar-refractivity contribution in [3.05, 3.63) is 30.1 Å². The van der Waals surface area contributed by atoms with Gasteiger partial charge in [0, 0.05) is 25.5 Å². The van der Waals surface area contributed by atoms with Gasteiger partial charge in [0.2, 0.25) is 0 Å². The quantitative estimate of drug-likeness (QED) is 0.663. The maximum Gasteiger partial charge on any atom is 0.252 e. The molecule has 0 radical (unpaired) electrons. The second kappa shape index (κ2) is 5.90. The van der Waals surface area contributed by atoms with Gasteiger partial charge in [-0.1, -0.05) is 0 Å². The Bertz CT molecular complexity index is 398. The number of pyridine rings is 1. The Morgan fingerprint density at radius 2 is 2.39 bits per heavy atom. The van der Waals surface area contributed by atoms with E-state index in [1.54, 1.807) is 18.3 Å². The highest BCUT2D eigenvalue weighted by Gasteiger charge is 2.31. The predicted molar refractivity (Wildman–Crippen MR) is 62.9 cm³/mol. The highest BCUT2D eigenvalue weighted by Crippen LogP contribution is 2.14. The number of aliphatic hydroxyl groups excluding tert-OH is 2. The molecule has 3 atom stereocenters. The molecule has 1 amide bonds. The van der Waals surface area contributed by atoms with Crippen LogP contribution >= 0.6 is 0 Å². The van der Waals surface area contributed by atoms with E-state index in [4.69, 9.17) is 4.74 Å². The Balaban J connectivity index is 1.86. The van der Waals surface area contributed by atoms with Gasteiger partial charge in [-0.25, -0.2) is 0 Å². The van der Waals surface area contributed by atoms with Gasteiger partial charge in [0.15, 0.2) is 0 Å². The van der Waals surface area contributed by atoms with Crippen molar-refractivity contribution in [2.75, 3.05) is 13.2 Å². The van der Waals surface area contributed by atoms with Crippen LogP contribution in [0.25, 0.3) is 0 Å². The summed E-state index contributed by atoms with van der Waals surface area (Å²) in [6.45, 7) is 0.539. The fourth-order valence-corrected chi connectivity index (χ4v) is 1.83. The van der Waals surface area contributed by atoms with Crippen molar-refractivity contribution in [3.8, 4) is 0 Å². The number of aromatic nitrogens is 1. The lowest BCUT2D eigenvalue weighted by Crippen LogP contribution is -2.49. The zero-order valence-corrected chi connectivity index (χ0v) is 9.82. The number of hydrogen-bond acceptors (Lipinski definition) is 5. The van der Waals surface area contributed by atoms with Crippen molar-refractivity contribution in [2.24, 2.45) is 0 Å². The smallest absolute Gasteiger partial charge is 0.252 e. The van der Waals surface area contributed by atoms with E-state index in [0.29, 0.717) is 18.6 Å². The molecule has 2 heterocycles. The molecular formula is C12H16N2O4. The van der Waals surface area contributed by atoms with Gasteiger partial charge in [0.1, 0.15) is 12.2 Å². The number of rotatable bonds is 3. The van der Waals surface area contributed by atoms with Crippen LogP contribution in [0.15, 0.2) is 24.5 Å². The average molecular weight is 252 g/mol. The SMILES string of the molecule is O=C(NC[C@H]1OCC[C@@H](O)[C@H]1O)c1cccnc1. The number of carbonyl (C=O) groups excluding carboxylic acids is 1. The number of hydrogen-bond donors (Lipinski definition) is 3. The first-order valence-corrected chi connectivity index (χ1v) is 5.84. The molecule has 6 heteroatoms. The van der Waals surface area contributed by atoms with Crippen LogP contribution in [0.2, 0.25) is 0 Å². The molecule has 98 valence electrons. The lowest BCUT2D eigenvalue weighted by atomic mass is 10.0. The number of carbonyl (C=O) groups is 1. The molecule has 1 aromatic heterocycles. The third-order valence-electron chi connectivity index (χ3n) is 2.91. The first-order valence-electron chi connectivity index (χ1n) is 5.84. The molecule has 0 unspecified atom stereocenters. The Labute approximate surface area is 105 Å². The molecule has 0 saturated carbocycles. The number of amides is 1. The van der Waals surface area contributed by atoms with Gasteiger partial charge in [0.25, 0.3) is 5.91 Å². The summed E-state index contributed by atoms with van der Waals surface area (Å²) in [4.78, 5) is 15.6. The molecule has 1 aromatic rings. The van der Waals surface area contributed by atoms with E-state index in [0.717, 1.165) is 0 Å². The molecule has 0 spiro atoms. The summed E-state index contributed by atoms with van der Waals surface area (Å²) in [7, 11) is 0. The van der Waals surface area contributed by atoms with E-state index in [-0.39, 0.29) is 12.5 Å². The summed E-state index contributed by atoms with van der Waals surface area (Å²) in [5.41, 5.74) is 0.448. The number of ether oxygens (including phenoxy) is 1. The highest BCUT2D eigenvalue weighted by molar-refractivity contribution is 5.93. The van der Waals surface area contributed by atoms with Crippen LogP contribution in [0.1, 0.15) is 16.8 Å². The zero-order chi connectivity index (χ0) is 13.0. The molecule has 0 bridgehead atoms. The summed E-state index contributed by atoms with van der Waals surface area (Å²) >= 11 is 0. The first-order chi connectivity index (χ1) is 8.68. The normalized spacial score (nSPS) is 27.8. The minimum atomic E-state index is -0.965. The van der Waals surface area contributed by atoms with Crippen LogP contribution in [0.5, 0.6) is 0 Å². The second-order valence-corrected chi connectivity index (χ2v) is 4.21. The van der Waals surface area contributed by atoms with E-state index in [1.165, 1.54) is 6.20 Å². The van der Waals surface area contributed by atoms with Crippen LogP contribution in [0.3, 0.4) is 0 Å². The maximum absolute atomic E-state index is 11.7. The fourth-order valence-electron chi connectivity index (χ4n) is 1.83. The molecule has 18 heavy (non-hydrogen) atoms.